The van der Waals surface area contributed by atoms with Gasteiger partial charge in [-0.15, -0.1) is 0 Å². The predicted octanol–water partition coefficient (Wildman–Crippen LogP) is 0.243. The first-order valence-electron chi connectivity index (χ1n) is 6.51. The van der Waals surface area contributed by atoms with E-state index in [0.717, 1.165) is 25.7 Å². The van der Waals surface area contributed by atoms with Gasteiger partial charge in [0.1, 0.15) is 13.1 Å². The minimum Gasteiger partial charge on any atom is -0.480 e. The summed E-state index contributed by atoms with van der Waals surface area (Å²) in [5.41, 5.74) is 5.13. The number of unbranched alkanes of at least 4 members (excludes halogenated alkanes) is 1. The molecule has 0 atom stereocenters. The Morgan fingerprint density at radius 3 is 2.32 bits per heavy atom. The van der Waals surface area contributed by atoms with E-state index in [-0.39, 0.29) is 19.1 Å². The fraction of sp³-hybridized carbons (Fsp3) is 0.750. The van der Waals surface area contributed by atoms with Crippen LogP contribution >= 0.6 is 0 Å². The second-order valence-corrected chi connectivity index (χ2v) is 4.78. The number of rotatable bonds is 8. The molecule has 0 aliphatic heterocycles. The van der Waals surface area contributed by atoms with Gasteiger partial charge >= 0.3 is 12.0 Å². The summed E-state index contributed by atoms with van der Waals surface area (Å²) in [7, 11) is 0. The summed E-state index contributed by atoms with van der Waals surface area (Å²) in [6.07, 6.45) is 3.27. The number of urea groups is 1. The molecule has 3 N–H and O–H groups in total. The number of carbonyl (C=O) groups is 3. The minimum absolute atomic E-state index is 0.0133. The standard InChI is InChI=1S/C12H21N3O4/c1-2-3-6-14(7-10(13)16)12(19)15(8-11(17)18)9-4-5-9/h9H,2-8H2,1H3,(H2,13,16)(H,17,18). The van der Waals surface area contributed by atoms with E-state index in [1.54, 1.807) is 0 Å². The van der Waals surface area contributed by atoms with Crippen molar-refractivity contribution in [1.82, 2.24) is 9.80 Å². The summed E-state index contributed by atoms with van der Waals surface area (Å²) < 4.78 is 0. The number of nitrogens with zero attached hydrogens (tertiary/aromatic N) is 2. The third-order valence-electron chi connectivity index (χ3n) is 2.94. The molecule has 1 aliphatic rings. The van der Waals surface area contributed by atoms with Crippen molar-refractivity contribution in [3.05, 3.63) is 0 Å². The SMILES string of the molecule is CCCCN(CC(N)=O)C(=O)N(CC(=O)O)C1CC1. The number of hydrogen-bond donors (Lipinski definition) is 2. The van der Waals surface area contributed by atoms with Crippen molar-refractivity contribution < 1.29 is 19.5 Å². The van der Waals surface area contributed by atoms with E-state index in [2.05, 4.69) is 0 Å². The Kier molecular flexibility index (Phi) is 5.59. The zero-order chi connectivity index (χ0) is 14.4. The lowest BCUT2D eigenvalue weighted by atomic mass is 10.3. The van der Waals surface area contributed by atoms with Gasteiger partial charge in [-0.3, -0.25) is 9.59 Å². The highest BCUT2D eigenvalue weighted by Crippen LogP contribution is 2.27. The molecule has 0 aromatic heterocycles. The van der Waals surface area contributed by atoms with Crippen molar-refractivity contribution in [3.8, 4) is 0 Å². The maximum Gasteiger partial charge on any atom is 0.323 e. The number of carbonyl (C=O) groups excluding carboxylic acids is 2. The van der Waals surface area contributed by atoms with Crippen molar-refractivity contribution in [1.29, 1.82) is 0 Å². The van der Waals surface area contributed by atoms with E-state index in [4.69, 9.17) is 10.8 Å². The fourth-order valence-electron chi connectivity index (χ4n) is 1.85. The molecular formula is C12H21N3O4. The zero-order valence-electron chi connectivity index (χ0n) is 11.2. The summed E-state index contributed by atoms with van der Waals surface area (Å²) in [5.74, 6) is -1.63. The lowest BCUT2D eigenvalue weighted by Crippen LogP contribution is -2.49. The van der Waals surface area contributed by atoms with Gasteiger partial charge in [0, 0.05) is 12.6 Å². The molecular weight excluding hydrogens is 250 g/mol. The molecule has 7 heteroatoms. The Morgan fingerprint density at radius 1 is 1.26 bits per heavy atom. The normalized spacial score (nSPS) is 13.9. The molecule has 0 radical (unpaired) electrons. The van der Waals surface area contributed by atoms with E-state index in [9.17, 15) is 14.4 Å². The molecule has 0 heterocycles. The number of carboxylic acid groups (broad SMARTS) is 1. The van der Waals surface area contributed by atoms with Crippen molar-refractivity contribution in [3.63, 3.8) is 0 Å². The molecule has 0 aromatic carbocycles. The highest BCUT2D eigenvalue weighted by Gasteiger charge is 2.36. The molecule has 0 unspecified atom stereocenters. The maximum absolute atomic E-state index is 12.3. The van der Waals surface area contributed by atoms with Crippen LogP contribution in [0.4, 0.5) is 4.79 Å². The van der Waals surface area contributed by atoms with Crippen molar-refractivity contribution in [2.45, 2.75) is 38.6 Å². The smallest absolute Gasteiger partial charge is 0.323 e. The lowest BCUT2D eigenvalue weighted by Gasteiger charge is -2.29. The molecule has 1 saturated carbocycles. The number of hydrogen-bond acceptors (Lipinski definition) is 3. The first-order valence-corrected chi connectivity index (χ1v) is 6.51. The quantitative estimate of drug-likeness (QED) is 0.660. The molecule has 0 saturated heterocycles. The van der Waals surface area contributed by atoms with E-state index in [1.807, 2.05) is 6.92 Å². The highest BCUT2D eigenvalue weighted by molar-refractivity contribution is 5.85. The molecule has 7 nitrogen and oxygen atoms in total. The van der Waals surface area contributed by atoms with Crippen LogP contribution in [-0.2, 0) is 9.59 Å². The Hall–Kier alpha value is -1.79. The van der Waals surface area contributed by atoms with Crippen molar-refractivity contribution >= 4 is 17.9 Å². The predicted molar refractivity (Wildman–Crippen MR) is 68.4 cm³/mol. The van der Waals surface area contributed by atoms with E-state index >= 15 is 0 Å². The Morgan fingerprint density at radius 2 is 1.89 bits per heavy atom. The van der Waals surface area contributed by atoms with Crippen LogP contribution in [0.3, 0.4) is 0 Å². The Balaban J connectivity index is 2.69. The second-order valence-electron chi connectivity index (χ2n) is 4.78. The third-order valence-corrected chi connectivity index (χ3v) is 2.94. The average molecular weight is 271 g/mol. The van der Waals surface area contributed by atoms with Crippen molar-refractivity contribution in [2.24, 2.45) is 5.73 Å². The molecule has 1 fully saturated rings. The third kappa shape index (κ3) is 5.15. The fourth-order valence-corrected chi connectivity index (χ4v) is 1.85. The Bertz CT molecular complexity index is 355. The molecule has 0 spiro atoms. The topological polar surface area (TPSA) is 104 Å². The van der Waals surface area contributed by atoms with Gasteiger partial charge in [0.15, 0.2) is 0 Å². The molecule has 0 bridgehead atoms. The molecule has 1 rings (SSSR count). The number of primary amides is 1. The molecule has 0 aromatic rings. The van der Waals surface area contributed by atoms with Gasteiger partial charge in [-0.2, -0.15) is 0 Å². The van der Waals surface area contributed by atoms with Crippen LogP contribution in [0.15, 0.2) is 0 Å². The summed E-state index contributed by atoms with van der Waals surface area (Å²) in [6, 6.07) is -0.419. The first kappa shape index (κ1) is 15.3. The highest BCUT2D eigenvalue weighted by atomic mass is 16.4. The van der Waals surface area contributed by atoms with Crippen LogP contribution in [0.1, 0.15) is 32.6 Å². The number of amides is 3. The number of carboxylic acids is 1. The number of nitrogens with two attached hydrogens (primary N) is 1. The van der Waals surface area contributed by atoms with E-state index in [1.165, 1.54) is 9.80 Å². The van der Waals surface area contributed by atoms with E-state index < -0.39 is 17.9 Å². The van der Waals surface area contributed by atoms with E-state index in [0.29, 0.717) is 6.54 Å². The van der Waals surface area contributed by atoms with Gasteiger partial charge in [-0.25, -0.2) is 4.79 Å². The first-order chi connectivity index (χ1) is 8.95. The maximum atomic E-state index is 12.3. The zero-order valence-corrected chi connectivity index (χ0v) is 11.2. The largest absolute Gasteiger partial charge is 0.480 e. The minimum atomic E-state index is -1.05. The van der Waals surface area contributed by atoms with Gasteiger partial charge < -0.3 is 20.6 Å². The molecule has 1 aliphatic carbocycles. The van der Waals surface area contributed by atoms with Crippen molar-refractivity contribution in [2.75, 3.05) is 19.6 Å². The molecule has 108 valence electrons. The summed E-state index contributed by atoms with van der Waals surface area (Å²) >= 11 is 0. The summed E-state index contributed by atoms with van der Waals surface area (Å²) in [6.45, 7) is 1.90. The molecule has 3 amide bonds. The van der Waals surface area contributed by atoms with Gasteiger partial charge in [0.05, 0.1) is 0 Å². The number of aliphatic carboxylic acids is 1. The van der Waals surface area contributed by atoms with Crippen LogP contribution in [0, 0.1) is 0 Å². The van der Waals surface area contributed by atoms with Crippen LogP contribution in [0.2, 0.25) is 0 Å². The lowest BCUT2D eigenvalue weighted by molar-refractivity contribution is -0.137. The van der Waals surface area contributed by atoms with Gasteiger partial charge in [-0.05, 0) is 19.3 Å². The second kappa shape index (κ2) is 6.96. The van der Waals surface area contributed by atoms with Crippen LogP contribution in [-0.4, -0.2) is 58.5 Å². The monoisotopic (exact) mass is 271 g/mol. The average Bonchev–Trinajstić information content (AvgIpc) is 3.14. The van der Waals surface area contributed by atoms with Gasteiger partial charge in [-0.1, -0.05) is 13.3 Å². The van der Waals surface area contributed by atoms with Crippen LogP contribution < -0.4 is 5.73 Å². The summed E-state index contributed by atoms with van der Waals surface area (Å²) in [4.78, 5) is 36.7. The van der Waals surface area contributed by atoms with Gasteiger partial charge in [0.2, 0.25) is 5.91 Å². The Labute approximate surface area is 112 Å². The summed E-state index contributed by atoms with van der Waals surface area (Å²) in [5, 5.41) is 8.85. The van der Waals surface area contributed by atoms with Crippen LogP contribution in [0.5, 0.6) is 0 Å². The van der Waals surface area contributed by atoms with Crippen LogP contribution in [0.25, 0.3) is 0 Å². The van der Waals surface area contributed by atoms with Gasteiger partial charge in [0.25, 0.3) is 0 Å². The molecule has 19 heavy (non-hydrogen) atoms.